The topological polar surface area (TPSA) is 85.0 Å². The number of nitrogens with two attached hydrogens (primary N) is 1. The second-order valence-corrected chi connectivity index (χ2v) is 6.46. The highest BCUT2D eigenvalue weighted by Gasteiger charge is 2.45. The Morgan fingerprint density at radius 2 is 2.17 bits per heavy atom. The predicted octanol–water partition coefficient (Wildman–Crippen LogP) is 1.71. The molecule has 6 heteroatoms. The van der Waals surface area contributed by atoms with Crippen LogP contribution in [0.2, 0.25) is 0 Å². The Bertz CT molecular complexity index is 549. The van der Waals surface area contributed by atoms with E-state index in [0.717, 1.165) is 18.5 Å². The van der Waals surface area contributed by atoms with Gasteiger partial charge in [0.15, 0.2) is 0 Å². The van der Waals surface area contributed by atoms with E-state index in [1.807, 2.05) is 38.4 Å². The molecule has 3 unspecified atom stereocenters. The molecule has 0 aliphatic heterocycles. The lowest BCUT2D eigenvalue weighted by molar-refractivity contribution is -0.100. The Morgan fingerprint density at radius 3 is 2.78 bits per heavy atom. The molecule has 0 aromatic heterocycles. The molecular formula is C17H26N2O4. The summed E-state index contributed by atoms with van der Waals surface area (Å²) in [5.74, 6) is 0.731. The Balaban J connectivity index is 2.32. The molecule has 1 fully saturated rings. The van der Waals surface area contributed by atoms with Gasteiger partial charge in [-0.15, -0.1) is 0 Å². The van der Waals surface area contributed by atoms with Crippen LogP contribution >= 0.6 is 0 Å². The average molecular weight is 322 g/mol. The fraction of sp³-hybridized carbons (Fsp3) is 0.588. The quantitative estimate of drug-likeness (QED) is 0.862. The molecule has 3 atom stereocenters. The number of aliphatic hydroxyl groups is 1. The van der Waals surface area contributed by atoms with Crippen molar-refractivity contribution < 1.29 is 19.4 Å². The number of hydrogen-bond acceptors (Lipinski definition) is 5. The number of carbonyl (C=O) groups excluding carboxylic acids is 1. The number of primary amides is 1. The highest BCUT2D eigenvalue weighted by molar-refractivity contribution is 5.64. The van der Waals surface area contributed by atoms with E-state index in [9.17, 15) is 9.90 Å². The summed E-state index contributed by atoms with van der Waals surface area (Å²) in [5.41, 5.74) is 4.83. The van der Waals surface area contributed by atoms with Crippen molar-refractivity contribution in [3.63, 3.8) is 0 Å². The molecule has 0 saturated heterocycles. The van der Waals surface area contributed by atoms with Gasteiger partial charge in [0.2, 0.25) is 0 Å². The molecule has 1 amide bonds. The lowest BCUT2D eigenvalue weighted by atomic mass is 9.70. The van der Waals surface area contributed by atoms with Crippen LogP contribution in [0.4, 0.5) is 4.79 Å². The van der Waals surface area contributed by atoms with Crippen LogP contribution in [-0.4, -0.2) is 50.0 Å². The molecule has 2 rings (SSSR count). The summed E-state index contributed by atoms with van der Waals surface area (Å²) in [5, 5.41) is 11.4. The number of carbonyl (C=O) groups is 1. The zero-order valence-corrected chi connectivity index (χ0v) is 14.0. The van der Waals surface area contributed by atoms with Crippen molar-refractivity contribution in [2.24, 2.45) is 11.7 Å². The molecule has 1 saturated carbocycles. The lowest BCUT2D eigenvalue weighted by Gasteiger charge is -2.44. The summed E-state index contributed by atoms with van der Waals surface area (Å²) in [6.07, 6.45) is 0.621. The molecule has 3 N–H and O–H groups in total. The second-order valence-electron chi connectivity index (χ2n) is 6.46. The van der Waals surface area contributed by atoms with Crippen molar-refractivity contribution in [1.82, 2.24) is 4.90 Å². The third-order valence-electron chi connectivity index (χ3n) is 4.49. The Hall–Kier alpha value is -1.79. The van der Waals surface area contributed by atoms with Crippen LogP contribution in [0.15, 0.2) is 24.3 Å². The minimum Gasteiger partial charge on any atom is -0.497 e. The maximum absolute atomic E-state index is 11.4. The van der Waals surface area contributed by atoms with E-state index in [2.05, 4.69) is 4.90 Å². The van der Waals surface area contributed by atoms with Crippen molar-refractivity contribution in [2.75, 3.05) is 27.7 Å². The van der Waals surface area contributed by atoms with Crippen LogP contribution in [0.3, 0.4) is 0 Å². The van der Waals surface area contributed by atoms with Crippen molar-refractivity contribution >= 4 is 6.09 Å². The largest absolute Gasteiger partial charge is 0.497 e. The highest BCUT2D eigenvalue weighted by Crippen LogP contribution is 2.43. The first-order valence-corrected chi connectivity index (χ1v) is 7.83. The van der Waals surface area contributed by atoms with E-state index >= 15 is 0 Å². The SMILES string of the molecule is COc1cccc(C2(O)CC(OC(N)=O)CCC2CN(C)C)c1. The van der Waals surface area contributed by atoms with Gasteiger partial charge >= 0.3 is 6.09 Å². The van der Waals surface area contributed by atoms with Gasteiger partial charge in [-0.05, 0) is 44.6 Å². The van der Waals surface area contributed by atoms with Crippen LogP contribution in [0, 0.1) is 5.92 Å². The molecule has 0 radical (unpaired) electrons. The van der Waals surface area contributed by atoms with Gasteiger partial charge in [0.1, 0.15) is 11.9 Å². The van der Waals surface area contributed by atoms with E-state index in [-0.39, 0.29) is 12.0 Å². The van der Waals surface area contributed by atoms with Crippen molar-refractivity contribution in [3.8, 4) is 5.75 Å². The first-order valence-electron chi connectivity index (χ1n) is 7.83. The molecule has 6 nitrogen and oxygen atoms in total. The zero-order valence-electron chi connectivity index (χ0n) is 14.0. The minimum atomic E-state index is -1.09. The van der Waals surface area contributed by atoms with Crippen molar-refractivity contribution in [2.45, 2.75) is 31.0 Å². The van der Waals surface area contributed by atoms with Crippen LogP contribution in [0.1, 0.15) is 24.8 Å². The van der Waals surface area contributed by atoms with Gasteiger partial charge in [0.25, 0.3) is 0 Å². The van der Waals surface area contributed by atoms with E-state index < -0.39 is 11.7 Å². The van der Waals surface area contributed by atoms with Crippen molar-refractivity contribution in [3.05, 3.63) is 29.8 Å². The number of methoxy groups -OCH3 is 1. The van der Waals surface area contributed by atoms with E-state index in [1.54, 1.807) is 7.11 Å². The van der Waals surface area contributed by atoms with E-state index in [4.69, 9.17) is 15.2 Å². The molecule has 1 aromatic rings. The van der Waals surface area contributed by atoms with Gasteiger partial charge in [0, 0.05) is 18.9 Å². The first-order chi connectivity index (χ1) is 10.8. The summed E-state index contributed by atoms with van der Waals surface area (Å²) in [4.78, 5) is 13.1. The first kappa shape index (κ1) is 17.6. The fourth-order valence-electron chi connectivity index (χ4n) is 3.44. The fourth-order valence-corrected chi connectivity index (χ4v) is 3.44. The van der Waals surface area contributed by atoms with Gasteiger partial charge in [-0.25, -0.2) is 4.79 Å². The number of nitrogens with zero attached hydrogens (tertiary/aromatic N) is 1. The third-order valence-corrected chi connectivity index (χ3v) is 4.49. The van der Waals surface area contributed by atoms with Crippen LogP contribution in [0.25, 0.3) is 0 Å². The van der Waals surface area contributed by atoms with Gasteiger partial charge in [-0.1, -0.05) is 12.1 Å². The van der Waals surface area contributed by atoms with Gasteiger partial charge in [-0.3, -0.25) is 0 Å². The molecule has 0 heterocycles. The molecule has 1 aliphatic rings. The van der Waals surface area contributed by atoms with Gasteiger partial charge in [0.05, 0.1) is 12.7 Å². The summed E-state index contributed by atoms with van der Waals surface area (Å²) in [7, 11) is 5.57. The summed E-state index contributed by atoms with van der Waals surface area (Å²) < 4.78 is 10.4. The maximum Gasteiger partial charge on any atom is 0.404 e. The van der Waals surface area contributed by atoms with E-state index in [0.29, 0.717) is 18.6 Å². The third kappa shape index (κ3) is 4.14. The van der Waals surface area contributed by atoms with Crippen LogP contribution in [-0.2, 0) is 10.3 Å². The molecule has 1 aromatic carbocycles. The number of ether oxygens (including phenoxy) is 2. The summed E-state index contributed by atoms with van der Waals surface area (Å²) in [6.45, 7) is 0.747. The zero-order chi connectivity index (χ0) is 17.0. The molecular weight excluding hydrogens is 296 g/mol. The number of rotatable bonds is 5. The molecule has 1 aliphatic carbocycles. The van der Waals surface area contributed by atoms with Gasteiger partial charge < -0.3 is 25.2 Å². The number of hydrogen-bond donors (Lipinski definition) is 2. The molecule has 23 heavy (non-hydrogen) atoms. The lowest BCUT2D eigenvalue weighted by Crippen LogP contribution is -2.48. The van der Waals surface area contributed by atoms with E-state index in [1.165, 1.54) is 0 Å². The van der Waals surface area contributed by atoms with Crippen molar-refractivity contribution in [1.29, 1.82) is 0 Å². The monoisotopic (exact) mass is 322 g/mol. The second kappa shape index (κ2) is 7.19. The minimum absolute atomic E-state index is 0.0392. The molecule has 0 spiro atoms. The predicted molar refractivity (Wildman–Crippen MR) is 87.2 cm³/mol. The standard InChI is InChI=1S/C17H26N2O4/c1-19(2)11-13-7-8-15(23-16(18)20)10-17(13,21)12-5-4-6-14(9-12)22-3/h4-6,9,13,15,21H,7-8,10-11H2,1-3H3,(H2,18,20). The highest BCUT2D eigenvalue weighted by atomic mass is 16.6. The smallest absolute Gasteiger partial charge is 0.404 e. The average Bonchev–Trinajstić information content (AvgIpc) is 2.49. The normalized spacial score (nSPS) is 27.7. The number of benzene rings is 1. The van der Waals surface area contributed by atoms with Crippen LogP contribution < -0.4 is 10.5 Å². The molecule has 128 valence electrons. The summed E-state index contributed by atoms with van der Waals surface area (Å²) in [6, 6.07) is 7.43. The Morgan fingerprint density at radius 1 is 1.43 bits per heavy atom. The Labute approximate surface area is 137 Å². The van der Waals surface area contributed by atoms with Crippen LogP contribution in [0.5, 0.6) is 5.75 Å². The number of amides is 1. The molecule has 0 bridgehead atoms. The maximum atomic E-state index is 11.4. The van der Waals surface area contributed by atoms with Gasteiger partial charge in [-0.2, -0.15) is 0 Å². The Kier molecular flexibility index (Phi) is 5.49. The summed E-state index contributed by atoms with van der Waals surface area (Å²) >= 11 is 0.